The number of hydrogen-bond donors (Lipinski definition) is 1. The SMILES string of the molecule is CC(Oc1ccc2ccc(=O)oc2c1)C(=O)Nc1ccc(F)cc1Cl. The van der Waals surface area contributed by atoms with E-state index in [1.54, 1.807) is 25.1 Å². The van der Waals surface area contributed by atoms with Crippen LogP contribution in [0.1, 0.15) is 6.92 Å². The van der Waals surface area contributed by atoms with Crippen LogP contribution in [-0.4, -0.2) is 12.0 Å². The minimum Gasteiger partial charge on any atom is -0.481 e. The van der Waals surface area contributed by atoms with Crippen LogP contribution in [0, 0.1) is 5.82 Å². The number of carbonyl (C=O) groups excluding carboxylic acids is 1. The Balaban J connectivity index is 1.73. The molecular weight excluding hydrogens is 349 g/mol. The number of anilines is 1. The van der Waals surface area contributed by atoms with E-state index in [0.29, 0.717) is 11.3 Å². The molecule has 0 spiro atoms. The Morgan fingerprint density at radius 2 is 1.96 bits per heavy atom. The average Bonchev–Trinajstić information content (AvgIpc) is 2.57. The van der Waals surface area contributed by atoms with Crippen molar-refractivity contribution < 1.29 is 18.3 Å². The third-order valence-electron chi connectivity index (χ3n) is 3.47. The van der Waals surface area contributed by atoms with Gasteiger partial charge in [0.05, 0.1) is 10.7 Å². The largest absolute Gasteiger partial charge is 0.481 e. The molecule has 1 N–H and O–H groups in total. The summed E-state index contributed by atoms with van der Waals surface area (Å²) in [6.07, 6.45) is -0.853. The quantitative estimate of drug-likeness (QED) is 0.713. The van der Waals surface area contributed by atoms with Crippen LogP contribution in [0.5, 0.6) is 5.75 Å². The molecule has 1 aromatic heterocycles. The lowest BCUT2D eigenvalue weighted by Crippen LogP contribution is -2.30. The Hall–Kier alpha value is -2.86. The second-order valence-corrected chi connectivity index (χ2v) is 5.73. The number of hydrogen-bond acceptors (Lipinski definition) is 4. The van der Waals surface area contributed by atoms with Crippen LogP contribution < -0.4 is 15.7 Å². The van der Waals surface area contributed by atoms with E-state index in [9.17, 15) is 14.0 Å². The molecule has 5 nitrogen and oxygen atoms in total. The van der Waals surface area contributed by atoms with E-state index in [1.807, 2.05) is 0 Å². The van der Waals surface area contributed by atoms with Gasteiger partial charge in [-0.3, -0.25) is 4.79 Å². The summed E-state index contributed by atoms with van der Waals surface area (Å²) in [4.78, 5) is 23.5. The van der Waals surface area contributed by atoms with Crippen molar-refractivity contribution in [2.24, 2.45) is 0 Å². The van der Waals surface area contributed by atoms with Gasteiger partial charge in [-0.1, -0.05) is 11.6 Å². The highest BCUT2D eigenvalue weighted by molar-refractivity contribution is 6.33. The fourth-order valence-electron chi connectivity index (χ4n) is 2.20. The van der Waals surface area contributed by atoms with Crippen molar-refractivity contribution in [1.82, 2.24) is 0 Å². The van der Waals surface area contributed by atoms with Crippen LogP contribution in [0.15, 0.2) is 57.7 Å². The smallest absolute Gasteiger partial charge is 0.336 e. The van der Waals surface area contributed by atoms with Crippen molar-refractivity contribution in [3.05, 3.63) is 69.8 Å². The zero-order valence-electron chi connectivity index (χ0n) is 13.1. The van der Waals surface area contributed by atoms with Crippen molar-refractivity contribution >= 4 is 34.2 Å². The van der Waals surface area contributed by atoms with Gasteiger partial charge in [-0.15, -0.1) is 0 Å². The molecule has 3 aromatic rings. The lowest BCUT2D eigenvalue weighted by Gasteiger charge is -2.15. The van der Waals surface area contributed by atoms with Gasteiger partial charge < -0.3 is 14.5 Å². The molecule has 0 saturated carbocycles. The molecule has 128 valence electrons. The van der Waals surface area contributed by atoms with Gasteiger partial charge in [-0.25, -0.2) is 9.18 Å². The van der Waals surface area contributed by atoms with Crippen molar-refractivity contribution in [2.75, 3.05) is 5.32 Å². The predicted octanol–water partition coefficient (Wildman–Crippen LogP) is 3.99. The summed E-state index contributed by atoms with van der Waals surface area (Å²) in [5, 5.41) is 3.40. The summed E-state index contributed by atoms with van der Waals surface area (Å²) in [7, 11) is 0. The molecule has 0 fully saturated rings. The molecule has 1 atom stereocenters. The second-order valence-electron chi connectivity index (χ2n) is 5.33. The highest BCUT2D eigenvalue weighted by Gasteiger charge is 2.16. The molecule has 0 radical (unpaired) electrons. The van der Waals surface area contributed by atoms with Gasteiger partial charge in [0.15, 0.2) is 6.10 Å². The van der Waals surface area contributed by atoms with Crippen LogP contribution in [0.3, 0.4) is 0 Å². The zero-order valence-corrected chi connectivity index (χ0v) is 13.8. The monoisotopic (exact) mass is 361 g/mol. The molecular formula is C18H13ClFNO4. The van der Waals surface area contributed by atoms with Gasteiger partial charge >= 0.3 is 5.63 Å². The molecule has 1 amide bonds. The van der Waals surface area contributed by atoms with Gasteiger partial charge in [0.2, 0.25) is 0 Å². The van der Waals surface area contributed by atoms with Crippen LogP contribution in [0.4, 0.5) is 10.1 Å². The summed E-state index contributed by atoms with van der Waals surface area (Å²) in [5.74, 6) is -0.581. The molecule has 1 heterocycles. The first-order valence-electron chi connectivity index (χ1n) is 7.39. The van der Waals surface area contributed by atoms with E-state index in [-0.39, 0.29) is 10.7 Å². The van der Waals surface area contributed by atoms with E-state index in [2.05, 4.69) is 5.32 Å². The average molecular weight is 362 g/mol. The molecule has 1 unspecified atom stereocenters. The van der Waals surface area contributed by atoms with Crippen molar-refractivity contribution in [1.29, 1.82) is 0 Å². The molecule has 0 aliphatic carbocycles. The molecule has 0 saturated heterocycles. The molecule has 0 aliphatic rings. The normalized spacial score (nSPS) is 12.0. The van der Waals surface area contributed by atoms with Gasteiger partial charge in [0.25, 0.3) is 5.91 Å². The molecule has 0 bridgehead atoms. The number of benzene rings is 2. The van der Waals surface area contributed by atoms with E-state index in [1.165, 1.54) is 24.3 Å². The van der Waals surface area contributed by atoms with E-state index < -0.39 is 23.5 Å². The molecule has 2 aromatic carbocycles. The Morgan fingerprint density at radius 1 is 1.20 bits per heavy atom. The number of rotatable bonds is 4. The summed E-state index contributed by atoms with van der Waals surface area (Å²) >= 11 is 5.88. The summed E-state index contributed by atoms with van der Waals surface area (Å²) < 4.78 is 23.7. The molecule has 25 heavy (non-hydrogen) atoms. The predicted molar refractivity (Wildman–Crippen MR) is 92.6 cm³/mol. The fourth-order valence-corrected chi connectivity index (χ4v) is 2.41. The summed E-state index contributed by atoms with van der Waals surface area (Å²) in [5.41, 5.74) is 0.175. The summed E-state index contributed by atoms with van der Waals surface area (Å²) in [6, 6.07) is 11.5. The third kappa shape index (κ3) is 3.97. The van der Waals surface area contributed by atoms with Gasteiger partial charge in [0, 0.05) is 17.5 Å². The first kappa shape index (κ1) is 17.0. The topological polar surface area (TPSA) is 68.5 Å². The maximum atomic E-state index is 13.0. The fraction of sp³-hybridized carbons (Fsp3) is 0.111. The van der Waals surface area contributed by atoms with E-state index in [0.717, 1.165) is 11.5 Å². The van der Waals surface area contributed by atoms with E-state index in [4.69, 9.17) is 20.8 Å². The van der Waals surface area contributed by atoms with Crippen molar-refractivity contribution in [2.45, 2.75) is 13.0 Å². The number of nitrogens with one attached hydrogen (secondary N) is 1. The van der Waals surface area contributed by atoms with Crippen LogP contribution >= 0.6 is 11.6 Å². The van der Waals surface area contributed by atoms with Crippen LogP contribution in [0.2, 0.25) is 5.02 Å². The minimum absolute atomic E-state index is 0.0908. The number of carbonyl (C=O) groups is 1. The molecule has 0 aliphatic heterocycles. The van der Waals surface area contributed by atoms with Crippen LogP contribution in [0.25, 0.3) is 11.0 Å². The molecule has 3 rings (SSSR count). The number of fused-ring (bicyclic) bond motifs is 1. The third-order valence-corrected chi connectivity index (χ3v) is 3.78. The lowest BCUT2D eigenvalue weighted by atomic mass is 10.2. The highest BCUT2D eigenvalue weighted by atomic mass is 35.5. The molecule has 7 heteroatoms. The number of amides is 1. The van der Waals surface area contributed by atoms with Crippen molar-refractivity contribution in [3.8, 4) is 5.75 Å². The summed E-state index contributed by atoms with van der Waals surface area (Å²) in [6.45, 7) is 1.55. The second kappa shape index (κ2) is 6.94. The van der Waals surface area contributed by atoms with E-state index >= 15 is 0 Å². The Morgan fingerprint density at radius 3 is 2.72 bits per heavy atom. The Bertz CT molecular complexity index is 1000. The number of ether oxygens (including phenoxy) is 1. The van der Waals surface area contributed by atoms with Gasteiger partial charge in [-0.2, -0.15) is 0 Å². The standard InChI is InChI=1S/C18H13ClFNO4/c1-10(18(23)21-15-6-4-12(20)8-14(15)19)24-13-5-2-11-3-7-17(22)25-16(11)9-13/h2-10H,1H3,(H,21,23). The van der Waals surface area contributed by atoms with Crippen LogP contribution in [-0.2, 0) is 4.79 Å². The lowest BCUT2D eigenvalue weighted by molar-refractivity contribution is -0.122. The zero-order chi connectivity index (χ0) is 18.0. The Labute approximate surface area is 147 Å². The Kier molecular flexibility index (Phi) is 4.72. The van der Waals surface area contributed by atoms with Crippen molar-refractivity contribution in [3.63, 3.8) is 0 Å². The van der Waals surface area contributed by atoms with Gasteiger partial charge in [-0.05, 0) is 43.3 Å². The number of halogens is 2. The first-order valence-corrected chi connectivity index (χ1v) is 7.77. The first-order chi connectivity index (χ1) is 11.9. The minimum atomic E-state index is -0.853. The maximum Gasteiger partial charge on any atom is 0.336 e. The van der Waals surface area contributed by atoms with Gasteiger partial charge in [0.1, 0.15) is 17.1 Å². The highest BCUT2D eigenvalue weighted by Crippen LogP contribution is 2.24. The maximum absolute atomic E-state index is 13.0.